The van der Waals surface area contributed by atoms with Gasteiger partial charge in [0.2, 0.25) is 0 Å². The molecule has 31 heavy (non-hydrogen) atoms. The molecular formula is C23H31N7O. The summed E-state index contributed by atoms with van der Waals surface area (Å²) in [6.07, 6.45) is 7.91. The Morgan fingerprint density at radius 3 is 2.74 bits per heavy atom. The molecule has 0 aliphatic heterocycles. The Bertz CT molecular complexity index is 1070. The van der Waals surface area contributed by atoms with Crippen molar-refractivity contribution in [2.75, 3.05) is 18.5 Å². The van der Waals surface area contributed by atoms with E-state index in [-0.39, 0.29) is 5.54 Å². The Morgan fingerprint density at radius 2 is 2.03 bits per heavy atom. The second-order valence-electron chi connectivity index (χ2n) is 9.27. The third-order valence-electron chi connectivity index (χ3n) is 5.35. The Morgan fingerprint density at radius 1 is 1.23 bits per heavy atom. The maximum absolute atomic E-state index is 10.5. The highest BCUT2D eigenvalue weighted by molar-refractivity contribution is 5.68. The van der Waals surface area contributed by atoms with E-state index in [1.807, 2.05) is 64.3 Å². The molecule has 8 nitrogen and oxygen atoms in total. The smallest absolute Gasteiger partial charge is 0.180 e. The summed E-state index contributed by atoms with van der Waals surface area (Å²) in [5.74, 6) is 1.49. The Labute approximate surface area is 183 Å². The summed E-state index contributed by atoms with van der Waals surface area (Å²) in [6, 6.07) is 3.98. The molecule has 0 amide bonds. The molecule has 1 unspecified atom stereocenters. The minimum absolute atomic E-state index is 0.171. The molecule has 3 aromatic rings. The van der Waals surface area contributed by atoms with Gasteiger partial charge in [-0.1, -0.05) is 0 Å². The summed E-state index contributed by atoms with van der Waals surface area (Å²) < 4.78 is 1.78. The van der Waals surface area contributed by atoms with Crippen LogP contribution in [-0.4, -0.2) is 55.2 Å². The summed E-state index contributed by atoms with van der Waals surface area (Å²) in [5.41, 5.74) is 4.88. The largest absolute Gasteiger partial charge is 0.377 e. The molecule has 1 aliphatic carbocycles. The lowest BCUT2D eigenvalue weighted by molar-refractivity contribution is 0.112. The number of aromatic nitrogens is 5. The van der Waals surface area contributed by atoms with E-state index in [0.717, 1.165) is 47.6 Å². The van der Waals surface area contributed by atoms with Gasteiger partial charge in [0.15, 0.2) is 5.82 Å². The number of aliphatic hydroxyl groups excluding tert-OH is 1. The molecule has 164 valence electrons. The first kappa shape index (κ1) is 21.4. The van der Waals surface area contributed by atoms with Gasteiger partial charge in [-0.2, -0.15) is 5.10 Å². The van der Waals surface area contributed by atoms with Crippen molar-refractivity contribution in [3.63, 3.8) is 0 Å². The Kier molecular flexibility index (Phi) is 5.77. The molecule has 0 bridgehead atoms. The van der Waals surface area contributed by atoms with Crippen molar-refractivity contribution < 1.29 is 5.11 Å². The highest BCUT2D eigenvalue weighted by atomic mass is 16.3. The number of aliphatic hydroxyl groups is 1. The lowest BCUT2D eigenvalue weighted by Crippen LogP contribution is -2.48. The molecular weight excluding hydrogens is 390 g/mol. The van der Waals surface area contributed by atoms with Crippen LogP contribution in [0.4, 0.5) is 5.82 Å². The maximum atomic E-state index is 10.5. The van der Waals surface area contributed by atoms with Crippen molar-refractivity contribution in [2.24, 2.45) is 7.05 Å². The molecule has 1 aliphatic rings. The molecule has 1 atom stereocenters. The van der Waals surface area contributed by atoms with Gasteiger partial charge in [-0.15, -0.1) is 0 Å². The van der Waals surface area contributed by atoms with Crippen LogP contribution in [0.3, 0.4) is 0 Å². The molecule has 3 heterocycles. The van der Waals surface area contributed by atoms with Crippen LogP contribution in [0.5, 0.6) is 0 Å². The fraction of sp³-hybridized carbons (Fsp3) is 0.478. The summed E-state index contributed by atoms with van der Waals surface area (Å²) in [6.45, 7) is 6.55. The van der Waals surface area contributed by atoms with Gasteiger partial charge in [0.05, 0.1) is 12.7 Å². The topological polar surface area (TPSA) is 92.0 Å². The highest BCUT2D eigenvalue weighted by Crippen LogP contribution is 2.31. The average molecular weight is 422 g/mol. The first-order chi connectivity index (χ1) is 14.7. The molecule has 8 heteroatoms. The number of likely N-dealkylation sites (N-methyl/N-ethyl adjacent to an activating group) is 1. The van der Waals surface area contributed by atoms with Gasteiger partial charge in [0.1, 0.15) is 17.7 Å². The molecule has 0 saturated heterocycles. The summed E-state index contributed by atoms with van der Waals surface area (Å²) >= 11 is 0. The lowest BCUT2D eigenvalue weighted by atomic mass is 10.1. The first-order valence-corrected chi connectivity index (χ1v) is 10.7. The average Bonchev–Trinajstić information content (AvgIpc) is 3.34. The molecule has 0 fully saturated rings. The summed E-state index contributed by atoms with van der Waals surface area (Å²) in [7, 11) is 3.87. The van der Waals surface area contributed by atoms with Crippen LogP contribution in [-0.2, 0) is 19.9 Å². The van der Waals surface area contributed by atoms with Crippen LogP contribution in [0.15, 0.2) is 30.7 Å². The second-order valence-corrected chi connectivity index (χ2v) is 9.27. The van der Waals surface area contributed by atoms with E-state index in [1.54, 1.807) is 10.9 Å². The van der Waals surface area contributed by atoms with Crippen LogP contribution in [0.1, 0.15) is 38.4 Å². The van der Waals surface area contributed by atoms with E-state index >= 15 is 0 Å². The van der Waals surface area contributed by atoms with Gasteiger partial charge in [-0.05, 0) is 57.7 Å². The highest BCUT2D eigenvalue weighted by Gasteiger charge is 2.24. The minimum Gasteiger partial charge on any atom is -0.377 e. The Hall–Kier alpha value is -2.84. The van der Waals surface area contributed by atoms with Crippen molar-refractivity contribution in [2.45, 2.75) is 51.8 Å². The van der Waals surface area contributed by atoms with Crippen molar-refractivity contribution >= 4 is 5.82 Å². The normalized spacial score (nSPS) is 14.5. The standard InChI is InChI=1S/C23H31N7O/c1-23(2,3)28-20(31)14-29(4)22-17-7-6-8-18(17)26-21(27-22)19-11-15(9-10-24-19)16-12-25-30(5)13-16/h9-13,20,28,31H,6-8,14H2,1-5H3. The monoisotopic (exact) mass is 421 g/mol. The van der Waals surface area contributed by atoms with E-state index in [4.69, 9.17) is 9.97 Å². The van der Waals surface area contributed by atoms with Gasteiger partial charge in [-0.25, -0.2) is 9.97 Å². The van der Waals surface area contributed by atoms with E-state index in [9.17, 15) is 5.11 Å². The number of rotatable bonds is 6. The number of fused-ring (bicyclic) bond motifs is 1. The SMILES string of the molecule is CN(CC(O)NC(C)(C)C)c1nc(-c2cc(-c3cnn(C)c3)ccn2)nc2c1CCC2. The van der Waals surface area contributed by atoms with Crippen LogP contribution in [0.25, 0.3) is 22.6 Å². The molecule has 0 aromatic carbocycles. The fourth-order valence-corrected chi connectivity index (χ4v) is 4.04. The number of hydrogen-bond donors (Lipinski definition) is 2. The van der Waals surface area contributed by atoms with Crippen LogP contribution >= 0.6 is 0 Å². The quantitative estimate of drug-likeness (QED) is 0.591. The number of hydrogen-bond acceptors (Lipinski definition) is 7. The van der Waals surface area contributed by atoms with Crippen LogP contribution in [0.2, 0.25) is 0 Å². The van der Waals surface area contributed by atoms with Crippen molar-refractivity contribution in [1.82, 2.24) is 30.0 Å². The zero-order valence-electron chi connectivity index (χ0n) is 18.9. The van der Waals surface area contributed by atoms with E-state index in [0.29, 0.717) is 12.4 Å². The Balaban J connectivity index is 1.66. The van der Waals surface area contributed by atoms with Crippen LogP contribution in [0, 0.1) is 0 Å². The maximum Gasteiger partial charge on any atom is 0.180 e. The van der Waals surface area contributed by atoms with E-state index in [2.05, 4.69) is 15.4 Å². The minimum atomic E-state index is -0.660. The lowest BCUT2D eigenvalue weighted by Gasteiger charge is -2.29. The van der Waals surface area contributed by atoms with Gasteiger partial charge in [0.25, 0.3) is 0 Å². The molecule has 0 saturated carbocycles. The van der Waals surface area contributed by atoms with Gasteiger partial charge >= 0.3 is 0 Å². The summed E-state index contributed by atoms with van der Waals surface area (Å²) in [4.78, 5) is 16.3. The number of aryl methyl sites for hydroxylation is 2. The number of nitrogens with zero attached hydrogens (tertiary/aromatic N) is 6. The molecule has 3 aromatic heterocycles. The number of nitrogens with one attached hydrogen (secondary N) is 1. The predicted molar refractivity (Wildman–Crippen MR) is 122 cm³/mol. The first-order valence-electron chi connectivity index (χ1n) is 10.7. The van der Waals surface area contributed by atoms with Crippen LogP contribution < -0.4 is 10.2 Å². The molecule has 0 spiro atoms. The molecule has 2 N–H and O–H groups in total. The van der Waals surface area contributed by atoms with Gasteiger partial charge in [0, 0.05) is 48.8 Å². The predicted octanol–water partition coefficient (Wildman–Crippen LogP) is 2.57. The van der Waals surface area contributed by atoms with Crippen molar-refractivity contribution in [3.05, 3.63) is 42.0 Å². The van der Waals surface area contributed by atoms with Crippen molar-refractivity contribution in [1.29, 1.82) is 0 Å². The fourth-order valence-electron chi connectivity index (χ4n) is 4.04. The molecule has 0 radical (unpaired) electrons. The molecule has 4 rings (SSSR count). The van der Waals surface area contributed by atoms with E-state index in [1.165, 1.54) is 5.56 Å². The summed E-state index contributed by atoms with van der Waals surface area (Å²) in [5, 5.41) is 18.0. The number of anilines is 1. The van der Waals surface area contributed by atoms with E-state index < -0.39 is 6.23 Å². The zero-order chi connectivity index (χ0) is 22.2. The van der Waals surface area contributed by atoms with Gasteiger partial charge in [-0.3, -0.25) is 15.0 Å². The second kappa shape index (κ2) is 8.36. The number of pyridine rings is 1. The van der Waals surface area contributed by atoms with Gasteiger partial charge < -0.3 is 10.0 Å². The van der Waals surface area contributed by atoms with Crippen molar-refractivity contribution in [3.8, 4) is 22.6 Å². The third-order valence-corrected chi connectivity index (χ3v) is 5.35. The zero-order valence-corrected chi connectivity index (χ0v) is 18.9. The third kappa shape index (κ3) is 4.91.